The molecule has 0 saturated heterocycles. The van der Waals surface area contributed by atoms with E-state index in [9.17, 15) is 9.90 Å². The lowest BCUT2D eigenvalue weighted by molar-refractivity contribution is -0.0277. The first-order valence-electron chi connectivity index (χ1n) is 12.1. The second-order valence-electron chi connectivity index (χ2n) is 9.57. The summed E-state index contributed by atoms with van der Waals surface area (Å²) < 4.78 is 6.92. The van der Waals surface area contributed by atoms with Crippen LogP contribution >= 0.6 is 15.9 Å². The fraction of sp³-hybridized carbons (Fsp3) is 0.345. The SMILES string of the molecule is O=C(OCC1c2ccccc2-c2ccccc21)N(Cc1cccc(Br)c1)CC1(O)CCCCC1. The zero-order valence-electron chi connectivity index (χ0n) is 19.3. The molecule has 0 aromatic heterocycles. The monoisotopic (exact) mass is 519 g/mol. The number of nitrogens with zero attached hydrogens (tertiary/aromatic N) is 1. The van der Waals surface area contributed by atoms with Gasteiger partial charge in [-0.2, -0.15) is 0 Å². The third-order valence-corrected chi connectivity index (χ3v) is 7.62. The van der Waals surface area contributed by atoms with Gasteiger partial charge < -0.3 is 14.7 Å². The molecule has 0 atom stereocenters. The second kappa shape index (κ2) is 9.93. The van der Waals surface area contributed by atoms with Crippen molar-refractivity contribution in [1.29, 1.82) is 0 Å². The Kier molecular flexibility index (Phi) is 6.75. The molecule has 176 valence electrons. The molecule has 1 fully saturated rings. The van der Waals surface area contributed by atoms with Gasteiger partial charge in [0.2, 0.25) is 0 Å². The summed E-state index contributed by atoms with van der Waals surface area (Å²) in [5.74, 6) is 0.0156. The van der Waals surface area contributed by atoms with E-state index in [0.717, 1.165) is 42.1 Å². The van der Waals surface area contributed by atoms with Gasteiger partial charge in [0.1, 0.15) is 6.61 Å². The van der Waals surface area contributed by atoms with Crippen molar-refractivity contribution in [2.75, 3.05) is 13.2 Å². The molecule has 34 heavy (non-hydrogen) atoms. The predicted molar refractivity (Wildman–Crippen MR) is 138 cm³/mol. The van der Waals surface area contributed by atoms with Crippen LogP contribution in [0.1, 0.15) is 54.7 Å². The first kappa shape index (κ1) is 23.1. The molecule has 0 unspecified atom stereocenters. The van der Waals surface area contributed by atoms with E-state index >= 15 is 0 Å². The van der Waals surface area contributed by atoms with E-state index in [1.807, 2.05) is 36.4 Å². The van der Waals surface area contributed by atoms with Crippen molar-refractivity contribution in [3.63, 3.8) is 0 Å². The zero-order valence-corrected chi connectivity index (χ0v) is 20.8. The van der Waals surface area contributed by atoms with Gasteiger partial charge in [-0.1, -0.05) is 95.9 Å². The van der Waals surface area contributed by atoms with Gasteiger partial charge in [-0.3, -0.25) is 0 Å². The van der Waals surface area contributed by atoms with Crippen LogP contribution in [-0.4, -0.2) is 34.9 Å². The number of halogens is 1. The average molecular weight is 520 g/mol. The van der Waals surface area contributed by atoms with Crippen LogP contribution in [0.15, 0.2) is 77.3 Å². The van der Waals surface area contributed by atoms with Crippen LogP contribution in [0.3, 0.4) is 0 Å². The van der Waals surface area contributed by atoms with Crippen LogP contribution in [-0.2, 0) is 11.3 Å². The van der Waals surface area contributed by atoms with Crippen molar-refractivity contribution < 1.29 is 14.6 Å². The van der Waals surface area contributed by atoms with E-state index in [1.165, 1.54) is 22.3 Å². The number of rotatable bonds is 6. The van der Waals surface area contributed by atoms with Gasteiger partial charge in [0.25, 0.3) is 0 Å². The number of carbonyl (C=O) groups excluding carboxylic acids is 1. The maximum absolute atomic E-state index is 13.4. The minimum atomic E-state index is -0.851. The fourth-order valence-electron chi connectivity index (χ4n) is 5.45. The molecule has 0 bridgehead atoms. The van der Waals surface area contributed by atoms with Gasteiger partial charge in [0.15, 0.2) is 0 Å². The van der Waals surface area contributed by atoms with Crippen LogP contribution < -0.4 is 0 Å². The number of fused-ring (bicyclic) bond motifs is 3. The average Bonchev–Trinajstić information content (AvgIpc) is 3.16. The standard InChI is InChI=1S/C29H30BrNO3/c30-22-10-8-9-21(17-22)18-31(20-29(33)15-6-1-7-16-29)28(32)34-19-27-25-13-4-2-11-23(25)24-12-3-5-14-26(24)27/h2-5,8-14,17,27,33H,1,6-7,15-16,18-20H2. The Labute approximate surface area is 209 Å². The zero-order chi connectivity index (χ0) is 23.5. The molecule has 1 N–H and O–H groups in total. The molecule has 3 aromatic carbocycles. The summed E-state index contributed by atoms with van der Waals surface area (Å²) in [6.07, 6.45) is 4.19. The minimum absolute atomic E-state index is 0.0156. The van der Waals surface area contributed by atoms with Gasteiger partial charge in [0.05, 0.1) is 12.1 Å². The fourth-order valence-corrected chi connectivity index (χ4v) is 5.90. The largest absolute Gasteiger partial charge is 0.448 e. The molecule has 5 heteroatoms. The first-order chi connectivity index (χ1) is 16.5. The molecular formula is C29H30BrNO3. The summed E-state index contributed by atoms with van der Waals surface area (Å²) in [7, 11) is 0. The van der Waals surface area contributed by atoms with Gasteiger partial charge in [-0.15, -0.1) is 0 Å². The predicted octanol–water partition coefficient (Wildman–Crippen LogP) is 6.90. The van der Waals surface area contributed by atoms with E-state index in [1.54, 1.807) is 4.90 Å². The Bertz CT molecular complexity index is 1130. The maximum Gasteiger partial charge on any atom is 0.410 e. The highest BCUT2D eigenvalue weighted by atomic mass is 79.9. The number of carbonyl (C=O) groups is 1. The Hall–Kier alpha value is -2.63. The summed E-state index contributed by atoms with van der Waals surface area (Å²) in [6.45, 7) is 0.967. The lowest BCUT2D eigenvalue weighted by Gasteiger charge is -2.36. The molecule has 3 aromatic rings. The Balaban J connectivity index is 1.35. The van der Waals surface area contributed by atoms with Crippen LogP contribution in [0, 0.1) is 0 Å². The summed E-state index contributed by atoms with van der Waals surface area (Å²) in [6, 6.07) is 24.6. The number of hydrogen-bond acceptors (Lipinski definition) is 3. The van der Waals surface area contributed by atoms with Crippen molar-refractivity contribution >= 4 is 22.0 Å². The third-order valence-electron chi connectivity index (χ3n) is 7.13. The molecule has 5 rings (SSSR count). The number of hydrogen-bond donors (Lipinski definition) is 1. The number of benzene rings is 3. The first-order valence-corrected chi connectivity index (χ1v) is 12.9. The van der Waals surface area contributed by atoms with Crippen molar-refractivity contribution in [3.05, 3.63) is 94.0 Å². The maximum atomic E-state index is 13.4. The van der Waals surface area contributed by atoms with Crippen LogP contribution in [0.25, 0.3) is 11.1 Å². The molecule has 4 nitrogen and oxygen atoms in total. The topological polar surface area (TPSA) is 49.8 Å². The summed E-state index contributed by atoms with van der Waals surface area (Å²) in [4.78, 5) is 15.1. The lowest BCUT2D eigenvalue weighted by atomic mass is 9.84. The van der Waals surface area contributed by atoms with Gasteiger partial charge in [0, 0.05) is 16.9 Å². The number of ether oxygens (including phenoxy) is 1. The quantitative estimate of drug-likeness (QED) is 0.385. The highest BCUT2D eigenvalue weighted by Gasteiger charge is 2.35. The summed E-state index contributed by atoms with van der Waals surface area (Å²) in [5.41, 5.74) is 4.96. The minimum Gasteiger partial charge on any atom is -0.448 e. The summed E-state index contributed by atoms with van der Waals surface area (Å²) >= 11 is 3.52. The lowest BCUT2D eigenvalue weighted by Crippen LogP contribution is -2.46. The van der Waals surface area contributed by atoms with E-state index in [-0.39, 0.29) is 25.2 Å². The van der Waals surface area contributed by atoms with Crippen LogP contribution in [0.2, 0.25) is 0 Å². The highest BCUT2D eigenvalue weighted by Crippen LogP contribution is 2.44. The number of amides is 1. The Morgan fingerprint density at radius 2 is 1.59 bits per heavy atom. The van der Waals surface area contributed by atoms with E-state index in [0.29, 0.717) is 6.54 Å². The summed E-state index contributed by atoms with van der Waals surface area (Å²) in [5, 5.41) is 11.2. The molecule has 0 aliphatic heterocycles. The normalized spacial score (nSPS) is 16.5. The molecular weight excluding hydrogens is 490 g/mol. The van der Waals surface area contributed by atoms with E-state index in [4.69, 9.17) is 4.74 Å². The molecule has 2 aliphatic carbocycles. The van der Waals surface area contributed by atoms with E-state index in [2.05, 4.69) is 52.3 Å². The Morgan fingerprint density at radius 3 is 2.24 bits per heavy atom. The second-order valence-corrected chi connectivity index (χ2v) is 10.5. The van der Waals surface area contributed by atoms with Crippen molar-refractivity contribution in [2.24, 2.45) is 0 Å². The molecule has 2 aliphatic rings. The Morgan fingerprint density at radius 1 is 0.941 bits per heavy atom. The third kappa shape index (κ3) is 4.91. The van der Waals surface area contributed by atoms with Crippen LogP contribution in [0.4, 0.5) is 4.79 Å². The van der Waals surface area contributed by atoms with Gasteiger partial charge in [-0.25, -0.2) is 4.79 Å². The van der Waals surface area contributed by atoms with Gasteiger partial charge in [-0.05, 0) is 52.8 Å². The molecule has 0 radical (unpaired) electrons. The van der Waals surface area contributed by atoms with Gasteiger partial charge >= 0.3 is 6.09 Å². The number of aliphatic hydroxyl groups is 1. The molecule has 0 spiro atoms. The van der Waals surface area contributed by atoms with Crippen molar-refractivity contribution in [2.45, 2.75) is 50.2 Å². The van der Waals surface area contributed by atoms with Crippen molar-refractivity contribution in [3.8, 4) is 11.1 Å². The highest BCUT2D eigenvalue weighted by molar-refractivity contribution is 9.10. The smallest absolute Gasteiger partial charge is 0.410 e. The van der Waals surface area contributed by atoms with E-state index < -0.39 is 5.60 Å². The van der Waals surface area contributed by atoms with Crippen LogP contribution in [0.5, 0.6) is 0 Å². The van der Waals surface area contributed by atoms with Crippen molar-refractivity contribution in [1.82, 2.24) is 4.90 Å². The molecule has 1 saturated carbocycles. The molecule has 0 heterocycles. The molecule has 1 amide bonds.